The van der Waals surface area contributed by atoms with Crippen LogP contribution >= 0.6 is 0 Å². The number of esters is 1. The van der Waals surface area contributed by atoms with Gasteiger partial charge in [0.2, 0.25) is 0 Å². The molecule has 172 valence electrons. The highest BCUT2D eigenvalue weighted by atomic mass is 16.5. The molecule has 0 saturated heterocycles. The molecule has 2 saturated carbocycles. The number of nitrogens with one attached hydrogen (secondary N) is 1. The van der Waals surface area contributed by atoms with Crippen molar-refractivity contribution in [3.05, 3.63) is 36.4 Å². The van der Waals surface area contributed by atoms with E-state index in [0.29, 0.717) is 35.6 Å². The number of fused-ring (bicyclic) bond motifs is 5. The molecule has 7 heteroatoms. The fourth-order valence-corrected chi connectivity index (χ4v) is 5.25. The highest BCUT2D eigenvalue weighted by Crippen LogP contribution is 2.41. The summed E-state index contributed by atoms with van der Waals surface area (Å²) in [5.41, 5.74) is 1.81. The standard InChI is InChI=1S/C26H27NO6/c1-14(32-26(30)17-10-15-6-5-7-16(11-17)24(15)28)25(29)27-20-13-22-19(12-23(20)31-2)18-8-3-4-9-21(18)33-22/h3-4,8-9,12-17H,5-7,10-11H2,1-2H3,(H,27,29). The summed E-state index contributed by atoms with van der Waals surface area (Å²) in [6.45, 7) is 1.55. The van der Waals surface area contributed by atoms with E-state index >= 15 is 0 Å². The van der Waals surface area contributed by atoms with E-state index in [1.807, 2.05) is 30.3 Å². The molecule has 7 nitrogen and oxygen atoms in total. The molecule has 2 fully saturated rings. The van der Waals surface area contributed by atoms with E-state index < -0.39 is 18.0 Å². The number of anilines is 1. The molecule has 0 spiro atoms. The van der Waals surface area contributed by atoms with E-state index in [1.165, 1.54) is 7.11 Å². The Morgan fingerprint density at radius 3 is 2.52 bits per heavy atom. The molecule has 3 atom stereocenters. The fraction of sp³-hybridized carbons (Fsp3) is 0.423. The maximum absolute atomic E-state index is 12.8. The van der Waals surface area contributed by atoms with Crippen molar-refractivity contribution in [1.29, 1.82) is 0 Å². The molecular formula is C26H27NO6. The number of ketones is 1. The molecule has 2 aliphatic carbocycles. The minimum absolute atomic E-state index is 0.0426. The van der Waals surface area contributed by atoms with Gasteiger partial charge in [-0.2, -0.15) is 0 Å². The van der Waals surface area contributed by atoms with Crippen LogP contribution in [0.25, 0.3) is 21.9 Å². The van der Waals surface area contributed by atoms with Gasteiger partial charge >= 0.3 is 5.97 Å². The number of hydrogen-bond acceptors (Lipinski definition) is 6. The molecule has 0 radical (unpaired) electrons. The van der Waals surface area contributed by atoms with Crippen LogP contribution in [0.3, 0.4) is 0 Å². The molecule has 2 aromatic carbocycles. The minimum Gasteiger partial charge on any atom is -0.495 e. The van der Waals surface area contributed by atoms with Gasteiger partial charge in [-0.3, -0.25) is 14.4 Å². The van der Waals surface area contributed by atoms with Crippen molar-refractivity contribution < 1.29 is 28.3 Å². The van der Waals surface area contributed by atoms with Crippen LogP contribution in [0.4, 0.5) is 5.69 Å². The molecule has 1 N–H and O–H groups in total. The van der Waals surface area contributed by atoms with Gasteiger partial charge < -0.3 is 19.2 Å². The Hall–Kier alpha value is -3.35. The van der Waals surface area contributed by atoms with Gasteiger partial charge in [-0.25, -0.2) is 0 Å². The van der Waals surface area contributed by atoms with Gasteiger partial charge in [0, 0.05) is 28.7 Å². The van der Waals surface area contributed by atoms with E-state index in [1.54, 1.807) is 13.0 Å². The number of amides is 1. The number of Topliss-reactive ketones (excluding diaryl/α,β-unsaturated/α-hetero) is 1. The van der Waals surface area contributed by atoms with Crippen LogP contribution in [0.2, 0.25) is 0 Å². The largest absolute Gasteiger partial charge is 0.495 e. The van der Waals surface area contributed by atoms with Crippen molar-refractivity contribution in [2.75, 3.05) is 12.4 Å². The Bertz CT molecular complexity index is 1230. The first-order valence-electron chi connectivity index (χ1n) is 11.5. The van der Waals surface area contributed by atoms with E-state index in [4.69, 9.17) is 13.9 Å². The quantitative estimate of drug-likeness (QED) is 0.559. The smallest absolute Gasteiger partial charge is 0.309 e. The van der Waals surface area contributed by atoms with Gasteiger partial charge in [-0.05, 0) is 44.7 Å². The summed E-state index contributed by atoms with van der Waals surface area (Å²) in [5, 5.41) is 4.64. The summed E-state index contributed by atoms with van der Waals surface area (Å²) in [6, 6.07) is 11.2. The fourth-order valence-electron chi connectivity index (χ4n) is 5.25. The van der Waals surface area contributed by atoms with Gasteiger partial charge in [0.1, 0.15) is 22.7 Å². The zero-order valence-electron chi connectivity index (χ0n) is 18.8. The van der Waals surface area contributed by atoms with Crippen LogP contribution in [-0.2, 0) is 19.1 Å². The normalized spacial score (nSPS) is 23.3. The first-order chi connectivity index (χ1) is 15.9. The maximum Gasteiger partial charge on any atom is 0.309 e. The number of methoxy groups -OCH3 is 1. The number of rotatable bonds is 5. The topological polar surface area (TPSA) is 94.8 Å². The third kappa shape index (κ3) is 3.96. The molecule has 2 bridgehead atoms. The first-order valence-corrected chi connectivity index (χ1v) is 11.5. The second-order valence-electron chi connectivity index (χ2n) is 9.11. The highest BCUT2D eigenvalue weighted by Gasteiger charge is 2.42. The Kier molecular flexibility index (Phi) is 5.56. The molecule has 1 amide bonds. The predicted octanol–water partition coefficient (Wildman–Crippen LogP) is 4.86. The Morgan fingerprint density at radius 1 is 1.06 bits per heavy atom. The third-order valence-corrected chi connectivity index (χ3v) is 7.00. The second-order valence-corrected chi connectivity index (χ2v) is 9.11. The third-order valence-electron chi connectivity index (χ3n) is 7.00. The van der Waals surface area contributed by atoms with E-state index in [9.17, 15) is 14.4 Å². The van der Waals surface area contributed by atoms with Crippen molar-refractivity contribution in [3.63, 3.8) is 0 Å². The van der Waals surface area contributed by atoms with Crippen molar-refractivity contribution in [3.8, 4) is 5.75 Å². The van der Waals surface area contributed by atoms with Crippen LogP contribution in [0.1, 0.15) is 39.0 Å². The molecule has 2 aliphatic rings. The lowest BCUT2D eigenvalue weighted by Gasteiger charge is -2.36. The minimum atomic E-state index is -0.981. The van der Waals surface area contributed by atoms with Crippen molar-refractivity contribution >= 4 is 45.3 Å². The van der Waals surface area contributed by atoms with Gasteiger partial charge in [0.05, 0.1) is 18.7 Å². The van der Waals surface area contributed by atoms with Gasteiger partial charge in [0.25, 0.3) is 5.91 Å². The molecule has 1 aromatic heterocycles. The number of hydrogen-bond donors (Lipinski definition) is 1. The Balaban J connectivity index is 1.29. The highest BCUT2D eigenvalue weighted by molar-refractivity contribution is 6.08. The van der Waals surface area contributed by atoms with Crippen LogP contribution in [0, 0.1) is 17.8 Å². The number of para-hydroxylation sites is 1. The summed E-state index contributed by atoms with van der Waals surface area (Å²) in [4.78, 5) is 37.9. The maximum atomic E-state index is 12.8. The second kappa shape index (κ2) is 8.54. The van der Waals surface area contributed by atoms with Gasteiger partial charge in [0.15, 0.2) is 6.10 Å². The van der Waals surface area contributed by atoms with Crippen molar-refractivity contribution in [2.24, 2.45) is 17.8 Å². The molecular weight excluding hydrogens is 422 g/mol. The monoisotopic (exact) mass is 449 g/mol. The molecule has 5 rings (SSSR count). The molecule has 33 heavy (non-hydrogen) atoms. The number of ether oxygens (including phenoxy) is 2. The first kappa shape index (κ1) is 21.5. The summed E-state index contributed by atoms with van der Waals surface area (Å²) in [6.07, 6.45) is 2.81. The molecule has 3 aromatic rings. The van der Waals surface area contributed by atoms with Crippen LogP contribution < -0.4 is 10.1 Å². The SMILES string of the molecule is COc1cc2c(cc1NC(=O)C(C)OC(=O)C1CC3CCCC(C1)C3=O)oc1ccccc12. The van der Waals surface area contributed by atoms with Crippen LogP contribution in [-0.4, -0.2) is 30.9 Å². The average Bonchev–Trinajstić information content (AvgIpc) is 3.15. The van der Waals surface area contributed by atoms with E-state index in [-0.39, 0.29) is 17.8 Å². The van der Waals surface area contributed by atoms with Gasteiger partial charge in [-0.15, -0.1) is 0 Å². The van der Waals surface area contributed by atoms with Crippen molar-refractivity contribution in [2.45, 2.75) is 45.1 Å². The zero-order valence-corrected chi connectivity index (χ0v) is 18.8. The molecule has 3 unspecified atom stereocenters. The summed E-state index contributed by atoms with van der Waals surface area (Å²) in [5.74, 6) is -0.484. The van der Waals surface area contributed by atoms with Crippen LogP contribution in [0.5, 0.6) is 5.75 Å². The van der Waals surface area contributed by atoms with E-state index in [2.05, 4.69) is 5.32 Å². The summed E-state index contributed by atoms with van der Waals surface area (Å²) < 4.78 is 16.9. The van der Waals surface area contributed by atoms with Crippen molar-refractivity contribution in [1.82, 2.24) is 0 Å². The number of benzene rings is 2. The number of carbonyl (C=O) groups excluding carboxylic acids is 3. The average molecular weight is 450 g/mol. The summed E-state index contributed by atoms with van der Waals surface area (Å²) >= 11 is 0. The lowest BCUT2D eigenvalue weighted by molar-refractivity contribution is -0.161. The van der Waals surface area contributed by atoms with Gasteiger partial charge in [-0.1, -0.05) is 24.6 Å². The number of furan rings is 1. The van der Waals surface area contributed by atoms with Crippen LogP contribution in [0.15, 0.2) is 40.8 Å². The molecule has 0 aliphatic heterocycles. The lowest BCUT2D eigenvalue weighted by Crippen LogP contribution is -2.41. The predicted molar refractivity (Wildman–Crippen MR) is 123 cm³/mol. The Labute approximate surface area is 191 Å². The number of carbonyl (C=O) groups is 3. The molecule has 1 heterocycles. The van der Waals surface area contributed by atoms with E-state index in [0.717, 1.165) is 35.6 Å². The Morgan fingerprint density at radius 2 is 1.79 bits per heavy atom. The lowest BCUT2D eigenvalue weighted by atomic mass is 9.67. The summed E-state index contributed by atoms with van der Waals surface area (Å²) in [7, 11) is 1.53. The zero-order chi connectivity index (χ0) is 23.1.